The predicted octanol–water partition coefficient (Wildman–Crippen LogP) is 4.63. The molecule has 0 aliphatic carbocycles. The van der Waals surface area contributed by atoms with Crippen molar-refractivity contribution in [2.75, 3.05) is 6.61 Å². The van der Waals surface area contributed by atoms with Gasteiger partial charge in [0.2, 0.25) is 6.29 Å². The van der Waals surface area contributed by atoms with Crippen LogP contribution in [0.3, 0.4) is 0 Å². The molecule has 4 nitrogen and oxygen atoms in total. The molecule has 1 aromatic rings. The monoisotopic (exact) mass is 334 g/mol. The predicted molar refractivity (Wildman–Crippen MR) is 76.6 cm³/mol. The molecule has 0 amide bonds. The Labute approximate surface area is 133 Å². The largest absolute Gasteiger partial charge is 0.411 e. The highest BCUT2D eigenvalue weighted by Gasteiger charge is 2.45. The number of rotatable bonds is 5. The first-order chi connectivity index (χ1) is 10.7. The first-order valence-corrected chi connectivity index (χ1v) is 7.42. The van der Waals surface area contributed by atoms with Gasteiger partial charge in [0.05, 0.1) is 0 Å². The minimum Gasteiger partial charge on any atom is -0.339 e. The quantitative estimate of drug-likeness (QED) is 0.630. The van der Waals surface area contributed by atoms with Gasteiger partial charge in [-0.15, -0.1) is 0 Å². The normalized spacial score (nSPS) is 25.3. The first-order valence-electron chi connectivity index (χ1n) is 7.42. The van der Waals surface area contributed by atoms with Crippen molar-refractivity contribution >= 4 is 0 Å². The lowest BCUT2D eigenvalue weighted by Gasteiger charge is -2.43. The molecule has 23 heavy (non-hydrogen) atoms. The molecule has 0 aromatic heterocycles. The summed E-state index contributed by atoms with van der Waals surface area (Å²) in [6, 6.07) is 6.97. The van der Waals surface area contributed by atoms with Crippen LogP contribution in [0.1, 0.15) is 50.5 Å². The highest BCUT2D eigenvalue weighted by Crippen LogP contribution is 2.49. The number of benzene rings is 1. The lowest BCUT2D eigenvalue weighted by atomic mass is 9.70. The first kappa shape index (κ1) is 18.2. The van der Waals surface area contributed by atoms with Gasteiger partial charge in [0, 0.05) is 11.5 Å². The van der Waals surface area contributed by atoms with Crippen LogP contribution in [0.4, 0.5) is 13.2 Å². The second kappa shape index (κ2) is 6.76. The van der Waals surface area contributed by atoms with Crippen molar-refractivity contribution < 1.29 is 32.8 Å². The summed E-state index contributed by atoms with van der Waals surface area (Å²) in [6.07, 6.45) is -6.04. The van der Waals surface area contributed by atoms with Crippen molar-refractivity contribution in [3.63, 3.8) is 0 Å². The number of hydrogen-bond donors (Lipinski definition) is 1. The third-order valence-electron chi connectivity index (χ3n) is 4.37. The van der Waals surface area contributed by atoms with Gasteiger partial charge in [-0.1, -0.05) is 51.5 Å². The molecule has 1 aliphatic rings. The molecule has 0 saturated heterocycles. The van der Waals surface area contributed by atoms with Gasteiger partial charge in [-0.3, -0.25) is 0 Å². The number of alkyl halides is 3. The third-order valence-corrected chi connectivity index (χ3v) is 4.37. The van der Waals surface area contributed by atoms with E-state index >= 15 is 0 Å². The van der Waals surface area contributed by atoms with E-state index in [2.05, 4.69) is 4.89 Å². The van der Waals surface area contributed by atoms with E-state index < -0.39 is 25.4 Å². The van der Waals surface area contributed by atoms with E-state index in [0.717, 1.165) is 12.0 Å². The van der Waals surface area contributed by atoms with E-state index in [0.29, 0.717) is 5.56 Å². The van der Waals surface area contributed by atoms with Crippen LogP contribution in [0.5, 0.6) is 0 Å². The van der Waals surface area contributed by atoms with Gasteiger partial charge in [-0.2, -0.15) is 13.2 Å². The fourth-order valence-electron chi connectivity index (χ4n) is 2.82. The van der Waals surface area contributed by atoms with E-state index in [1.54, 1.807) is 24.3 Å². The van der Waals surface area contributed by atoms with Gasteiger partial charge >= 0.3 is 6.18 Å². The maximum absolute atomic E-state index is 12.4. The van der Waals surface area contributed by atoms with Crippen molar-refractivity contribution in [1.29, 1.82) is 0 Å². The summed E-state index contributed by atoms with van der Waals surface area (Å²) >= 11 is 0. The maximum atomic E-state index is 12.4. The minimum atomic E-state index is -4.46. The zero-order chi connectivity index (χ0) is 17.3. The Balaban J connectivity index is 2.38. The second-order valence-electron chi connectivity index (χ2n) is 6.32. The van der Waals surface area contributed by atoms with Gasteiger partial charge in [-0.25, -0.2) is 10.1 Å². The molecule has 1 aromatic carbocycles. The van der Waals surface area contributed by atoms with Crippen LogP contribution in [-0.4, -0.2) is 24.3 Å². The average Bonchev–Trinajstić information content (AvgIpc) is 2.50. The van der Waals surface area contributed by atoms with Crippen LogP contribution in [0.25, 0.3) is 0 Å². The SMILES string of the molecule is CCC(C)(C)[C@H]1c2ccccc2[C@H](OCC(F)(F)F)O[C@@H]1OO. The number of ether oxygens (including phenoxy) is 2. The smallest absolute Gasteiger partial charge is 0.339 e. The zero-order valence-corrected chi connectivity index (χ0v) is 13.3. The zero-order valence-electron chi connectivity index (χ0n) is 13.3. The molecule has 7 heteroatoms. The molecule has 0 saturated carbocycles. The number of halogens is 3. The molecular weight excluding hydrogens is 313 g/mol. The van der Waals surface area contributed by atoms with Crippen molar-refractivity contribution in [2.45, 2.75) is 51.9 Å². The molecule has 130 valence electrons. The second-order valence-corrected chi connectivity index (χ2v) is 6.32. The molecule has 2 rings (SSSR count). The van der Waals surface area contributed by atoms with Crippen LogP contribution < -0.4 is 0 Å². The third kappa shape index (κ3) is 4.03. The van der Waals surface area contributed by atoms with Gasteiger partial charge in [0.15, 0.2) is 6.29 Å². The highest BCUT2D eigenvalue weighted by atomic mass is 19.4. The maximum Gasteiger partial charge on any atom is 0.411 e. The Morgan fingerprint density at radius 3 is 2.30 bits per heavy atom. The van der Waals surface area contributed by atoms with E-state index in [9.17, 15) is 18.4 Å². The van der Waals surface area contributed by atoms with E-state index in [4.69, 9.17) is 9.47 Å². The van der Waals surface area contributed by atoms with Crippen molar-refractivity contribution in [2.24, 2.45) is 5.41 Å². The molecule has 1 aliphatic heterocycles. The summed E-state index contributed by atoms with van der Waals surface area (Å²) in [5.74, 6) is -0.334. The van der Waals surface area contributed by atoms with Crippen LogP contribution in [0, 0.1) is 5.41 Å². The summed E-state index contributed by atoms with van der Waals surface area (Å²) in [5, 5.41) is 9.19. The van der Waals surface area contributed by atoms with Gasteiger partial charge in [-0.05, 0) is 11.0 Å². The Morgan fingerprint density at radius 2 is 1.78 bits per heavy atom. The van der Waals surface area contributed by atoms with E-state index in [1.165, 1.54) is 0 Å². The topological polar surface area (TPSA) is 47.9 Å². The van der Waals surface area contributed by atoms with E-state index in [1.807, 2.05) is 20.8 Å². The Bertz CT molecular complexity index is 530. The van der Waals surface area contributed by atoms with Crippen LogP contribution >= 0.6 is 0 Å². The Hall–Kier alpha value is -1.15. The minimum absolute atomic E-state index is 0.293. The Morgan fingerprint density at radius 1 is 1.17 bits per heavy atom. The fourth-order valence-corrected chi connectivity index (χ4v) is 2.82. The molecule has 0 unspecified atom stereocenters. The summed E-state index contributed by atoms with van der Waals surface area (Å²) in [7, 11) is 0. The van der Waals surface area contributed by atoms with E-state index in [-0.39, 0.29) is 11.3 Å². The molecule has 1 heterocycles. The molecule has 0 fully saturated rings. The van der Waals surface area contributed by atoms with Crippen LogP contribution in [-0.2, 0) is 14.4 Å². The summed E-state index contributed by atoms with van der Waals surface area (Å²) < 4.78 is 47.6. The average molecular weight is 334 g/mol. The lowest BCUT2D eigenvalue weighted by molar-refractivity contribution is -0.395. The van der Waals surface area contributed by atoms with Crippen LogP contribution in [0.15, 0.2) is 24.3 Å². The van der Waals surface area contributed by atoms with Gasteiger partial charge in [0.25, 0.3) is 0 Å². The van der Waals surface area contributed by atoms with Crippen molar-refractivity contribution in [3.8, 4) is 0 Å². The molecular formula is C16H21F3O4. The number of fused-ring (bicyclic) bond motifs is 1. The summed E-state index contributed by atoms with van der Waals surface area (Å²) in [6.45, 7) is 4.52. The van der Waals surface area contributed by atoms with Crippen LogP contribution in [0.2, 0.25) is 0 Å². The lowest BCUT2D eigenvalue weighted by Crippen LogP contribution is -2.41. The number of hydrogen-bond acceptors (Lipinski definition) is 4. The molecule has 0 bridgehead atoms. The fraction of sp³-hybridized carbons (Fsp3) is 0.625. The standard InChI is InChI=1S/C16H21F3O4/c1-4-15(2,3)12-10-7-5-6-8-11(10)13(22-14(12)23-20)21-9-16(17,18)19/h5-8,12-14,20H,4,9H2,1-3H3/t12-,13+,14+/m0/s1. The molecule has 0 radical (unpaired) electrons. The van der Waals surface area contributed by atoms with Gasteiger partial charge < -0.3 is 9.47 Å². The summed E-state index contributed by atoms with van der Waals surface area (Å²) in [4.78, 5) is 4.43. The Kier molecular flexibility index (Phi) is 5.35. The highest BCUT2D eigenvalue weighted by molar-refractivity contribution is 5.35. The molecule has 3 atom stereocenters. The van der Waals surface area contributed by atoms with Crippen molar-refractivity contribution in [3.05, 3.63) is 35.4 Å². The van der Waals surface area contributed by atoms with Crippen molar-refractivity contribution in [1.82, 2.24) is 0 Å². The molecule has 0 spiro atoms. The molecule has 1 N–H and O–H groups in total. The summed E-state index contributed by atoms with van der Waals surface area (Å²) in [5.41, 5.74) is 0.992. The van der Waals surface area contributed by atoms with Gasteiger partial charge in [0.1, 0.15) is 6.61 Å².